The number of aryl methyl sites for hydroxylation is 1. The molecular formula is C13H18N4S. The van der Waals surface area contributed by atoms with Gasteiger partial charge in [0.1, 0.15) is 5.01 Å². The standard InChI is InChI=1S/C13H18N4S/c1-10-9-17(11-4-2-3-5-11)13(16-10)15-8-12-14-6-7-18-12/h6-7,9,11H,2-5,8H2,1H3,(H,15,16). The molecule has 3 rings (SSSR count). The summed E-state index contributed by atoms with van der Waals surface area (Å²) in [5.41, 5.74) is 1.09. The Morgan fingerprint density at radius 3 is 3.00 bits per heavy atom. The average Bonchev–Trinajstić information content (AvgIpc) is 3.08. The summed E-state index contributed by atoms with van der Waals surface area (Å²) in [5, 5.41) is 6.52. The van der Waals surface area contributed by atoms with Crippen molar-refractivity contribution in [2.75, 3.05) is 5.32 Å². The molecule has 0 unspecified atom stereocenters. The highest BCUT2D eigenvalue weighted by atomic mass is 32.1. The Hall–Kier alpha value is -1.36. The first-order valence-electron chi connectivity index (χ1n) is 6.50. The predicted molar refractivity (Wildman–Crippen MR) is 73.9 cm³/mol. The average molecular weight is 262 g/mol. The zero-order valence-corrected chi connectivity index (χ0v) is 11.4. The smallest absolute Gasteiger partial charge is 0.203 e. The molecule has 0 amide bonds. The molecule has 1 N–H and O–H groups in total. The minimum atomic E-state index is 0.630. The Bertz CT molecular complexity index is 497. The van der Waals surface area contributed by atoms with Crippen molar-refractivity contribution >= 4 is 17.3 Å². The Balaban J connectivity index is 1.74. The highest BCUT2D eigenvalue weighted by Crippen LogP contribution is 2.32. The lowest BCUT2D eigenvalue weighted by Gasteiger charge is -2.15. The number of hydrogen-bond acceptors (Lipinski definition) is 4. The normalized spacial score (nSPS) is 16.3. The van der Waals surface area contributed by atoms with E-state index in [0.717, 1.165) is 23.2 Å². The van der Waals surface area contributed by atoms with Crippen LogP contribution in [0.5, 0.6) is 0 Å². The molecule has 5 heteroatoms. The molecule has 0 aromatic carbocycles. The van der Waals surface area contributed by atoms with Gasteiger partial charge in [0.15, 0.2) is 0 Å². The second-order valence-corrected chi connectivity index (χ2v) is 5.81. The van der Waals surface area contributed by atoms with Crippen LogP contribution in [0.15, 0.2) is 17.8 Å². The van der Waals surface area contributed by atoms with Gasteiger partial charge in [-0.25, -0.2) is 9.97 Å². The van der Waals surface area contributed by atoms with E-state index in [4.69, 9.17) is 0 Å². The second kappa shape index (κ2) is 5.10. The van der Waals surface area contributed by atoms with Crippen molar-refractivity contribution in [1.82, 2.24) is 14.5 Å². The largest absolute Gasteiger partial charge is 0.349 e. The van der Waals surface area contributed by atoms with Gasteiger partial charge in [0.05, 0.1) is 12.2 Å². The number of nitrogens with one attached hydrogen (secondary N) is 1. The van der Waals surface area contributed by atoms with E-state index >= 15 is 0 Å². The molecule has 1 fully saturated rings. The molecular weight excluding hydrogens is 244 g/mol. The number of rotatable bonds is 4. The van der Waals surface area contributed by atoms with Crippen LogP contribution in [0.4, 0.5) is 5.95 Å². The third-order valence-corrected chi connectivity index (χ3v) is 4.23. The van der Waals surface area contributed by atoms with Gasteiger partial charge in [0.25, 0.3) is 0 Å². The Labute approximate surface area is 111 Å². The van der Waals surface area contributed by atoms with E-state index in [-0.39, 0.29) is 0 Å². The summed E-state index contributed by atoms with van der Waals surface area (Å²) in [6.07, 6.45) is 9.25. The van der Waals surface area contributed by atoms with Gasteiger partial charge in [0, 0.05) is 23.8 Å². The molecule has 2 aromatic heterocycles. The van der Waals surface area contributed by atoms with Crippen LogP contribution >= 0.6 is 11.3 Å². The number of hydrogen-bond donors (Lipinski definition) is 1. The van der Waals surface area contributed by atoms with Crippen molar-refractivity contribution in [3.8, 4) is 0 Å². The molecule has 2 aromatic rings. The summed E-state index contributed by atoms with van der Waals surface area (Å²) in [4.78, 5) is 8.87. The first-order chi connectivity index (χ1) is 8.83. The van der Waals surface area contributed by atoms with Crippen LogP contribution in [0.3, 0.4) is 0 Å². The summed E-state index contributed by atoms with van der Waals surface area (Å²) in [6.45, 7) is 2.82. The van der Waals surface area contributed by atoms with Crippen LogP contribution in [-0.2, 0) is 6.54 Å². The van der Waals surface area contributed by atoms with Gasteiger partial charge < -0.3 is 9.88 Å². The van der Waals surface area contributed by atoms with Crippen molar-refractivity contribution in [2.24, 2.45) is 0 Å². The number of aromatic nitrogens is 3. The van der Waals surface area contributed by atoms with Crippen LogP contribution in [0.1, 0.15) is 42.4 Å². The van der Waals surface area contributed by atoms with E-state index in [1.165, 1.54) is 25.7 Å². The molecule has 2 heterocycles. The molecule has 1 aliphatic rings. The second-order valence-electron chi connectivity index (χ2n) is 4.83. The van der Waals surface area contributed by atoms with Gasteiger partial charge >= 0.3 is 0 Å². The fourth-order valence-corrected chi connectivity index (χ4v) is 3.16. The van der Waals surface area contributed by atoms with Crippen molar-refractivity contribution < 1.29 is 0 Å². The van der Waals surface area contributed by atoms with Crippen molar-refractivity contribution in [1.29, 1.82) is 0 Å². The first kappa shape index (κ1) is 11.7. The van der Waals surface area contributed by atoms with Crippen LogP contribution in [0, 0.1) is 6.92 Å². The Morgan fingerprint density at radius 2 is 2.28 bits per heavy atom. The van der Waals surface area contributed by atoms with E-state index in [9.17, 15) is 0 Å². The molecule has 4 nitrogen and oxygen atoms in total. The van der Waals surface area contributed by atoms with Gasteiger partial charge in [-0.3, -0.25) is 0 Å². The maximum Gasteiger partial charge on any atom is 0.203 e. The first-order valence-corrected chi connectivity index (χ1v) is 7.38. The topological polar surface area (TPSA) is 42.7 Å². The van der Waals surface area contributed by atoms with E-state index in [1.54, 1.807) is 11.3 Å². The van der Waals surface area contributed by atoms with Crippen molar-refractivity contribution in [3.63, 3.8) is 0 Å². The zero-order valence-electron chi connectivity index (χ0n) is 10.6. The fraction of sp³-hybridized carbons (Fsp3) is 0.538. The molecule has 0 atom stereocenters. The lowest BCUT2D eigenvalue weighted by Crippen LogP contribution is -2.10. The molecule has 0 saturated heterocycles. The van der Waals surface area contributed by atoms with E-state index in [0.29, 0.717) is 6.04 Å². The number of nitrogens with zero attached hydrogens (tertiary/aromatic N) is 3. The summed E-state index contributed by atoms with van der Waals surface area (Å²) >= 11 is 1.68. The Morgan fingerprint density at radius 1 is 1.44 bits per heavy atom. The third kappa shape index (κ3) is 2.41. The molecule has 0 bridgehead atoms. The van der Waals surface area contributed by atoms with Gasteiger partial charge in [-0.15, -0.1) is 11.3 Å². The third-order valence-electron chi connectivity index (χ3n) is 3.45. The lowest BCUT2D eigenvalue weighted by atomic mass is 10.2. The van der Waals surface area contributed by atoms with Crippen molar-refractivity contribution in [3.05, 3.63) is 28.5 Å². The molecule has 0 spiro atoms. The minimum absolute atomic E-state index is 0.630. The molecule has 0 aliphatic heterocycles. The fourth-order valence-electron chi connectivity index (χ4n) is 2.60. The number of imidazole rings is 1. The van der Waals surface area contributed by atoms with Crippen molar-refractivity contribution in [2.45, 2.75) is 45.2 Å². The maximum absolute atomic E-state index is 4.58. The number of anilines is 1. The SMILES string of the molecule is Cc1cn(C2CCCC2)c(NCc2nccs2)n1. The summed E-state index contributed by atoms with van der Waals surface area (Å²) in [6, 6.07) is 0.630. The van der Waals surface area contributed by atoms with Crippen LogP contribution in [0.2, 0.25) is 0 Å². The van der Waals surface area contributed by atoms with Gasteiger partial charge in [-0.1, -0.05) is 12.8 Å². The van der Waals surface area contributed by atoms with Gasteiger partial charge in [-0.05, 0) is 19.8 Å². The quantitative estimate of drug-likeness (QED) is 0.918. The molecule has 96 valence electrons. The maximum atomic E-state index is 4.58. The summed E-state index contributed by atoms with van der Waals surface area (Å²) < 4.78 is 2.32. The van der Waals surface area contributed by atoms with Crippen LogP contribution in [-0.4, -0.2) is 14.5 Å². The zero-order chi connectivity index (χ0) is 12.4. The highest BCUT2D eigenvalue weighted by molar-refractivity contribution is 7.09. The summed E-state index contributed by atoms with van der Waals surface area (Å²) in [7, 11) is 0. The van der Waals surface area contributed by atoms with Gasteiger partial charge in [0.2, 0.25) is 5.95 Å². The summed E-state index contributed by atoms with van der Waals surface area (Å²) in [5.74, 6) is 0.995. The van der Waals surface area contributed by atoms with Crippen LogP contribution in [0.25, 0.3) is 0 Å². The monoisotopic (exact) mass is 262 g/mol. The highest BCUT2D eigenvalue weighted by Gasteiger charge is 2.20. The molecule has 18 heavy (non-hydrogen) atoms. The molecule has 0 radical (unpaired) electrons. The van der Waals surface area contributed by atoms with Gasteiger partial charge in [-0.2, -0.15) is 0 Å². The Kier molecular flexibility index (Phi) is 3.32. The van der Waals surface area contributed by atoms with E-state index < -0.39 is 0 Å². The van der Waals surface area contributed by atoms with E-state index in [2.05, 4.69) is 33.0 Å². The molecule has 1 saturated carbocycles. The van der Waals surface area contributed by atoms with E-state index in [1.807, 2.05) is 11.6 Å². The molecule has 1 aliphatic carbocycles. The van der Waals surface area contributed by atoms with Crippen LogP contribution < -0.4 is 5.32 Å². The minimum Gasteiger partial charge on any atom is -0.349 e. The number of thiazole rings is 1. The predicted octanol–water partition coefficient (Wildman–Crippen LogP) is 3.38. The lowest BCUT2D eigenvalue weighted by molar-refractivity contribution is 0.522.